The largest absolute Gasteiger partial charge is 0.491 e. The first kappa shape index (κ1) is 21.5. The molecule has 0 unspecified atom stereocenters. The zero-order valence-electron chi connectivity index (χ0n) is 16.5. The average Bonchev–Trinajstić information content (AvgIpc) is 3.05. The number of amides is 2. The molecule has 1 heterocycles. The molecule has 3 aromatic rings. The Bertz CT molecular complexity index is 1100. The number of hydrogen-bond donors (Lipinski definition) is 2. The third kappa shape index (κ3) is 4.85. The van der Waals surface area contributed by atoms with Crippen LogP contribution in [0.3, 0.4) is 0 Å². The Labute approximate surface area is 175 Å². The van der Waals surface area contributed by atoms with Crippen molar-refractivity contribution in [2.75, 3.05) is 24.4 Å². The summed E-state index contributed by atoms with van der Waals surface area (Å²) in [5.41, 5.74) is 0.255. The number of esters is 1. The Morgan fingerprint density at radius 1 is 1.10 bits per heavy atom. The van der Waals surface area contributed by atoms with Gasteiger partial charge >= 0.3 is 12.0 Å². The number of nitrogens with one attached hydrogen (secondary N) is 2. The molecule has 0 atom stereocenters. The lowest BCUT2D eigenvalue weighted by molar-refractivity contribution is 0.0601. The van der Waals surface area contributed by atoms with Crippen LogP contribution in [-0.4, -0.2) is 25.7 Å². The molecule has 3 rings (SSSR count). The van der Waals surface area contributed by atoms with Crippen LogP contribution in [-0.2, 0) is 4.74 Å². The molecular weight excluding hydrogens is 414 g/mol. The summed E-state index contributed by atoms with van der Waals surface area (Å²) in [5.74, 6) is -1.50. The second-order valence-corrected chi connectivity index (χ2v) is 7.92. The molecule has 1 aromatic heterocycles. The highest BCUT2D eigenvalue weighted by molar-refractivity contribution is 7.21. The van der Waals surface area contributed by atoms with Gasteiger partial charge in [-0.15, -0.1) is 11.3 Å². The minimum Gasteiger partial charge on any atom is -0.491 e. The van der Waals surface area contributed by atoms with Gasteiger partial charge in [0.25, 0.3) is 0 Å². The van der Waals surface area contributed by atoms with Crippen molar-refractivity contribution in [1.29, 1.82) is 0 Å². The lowest BCUT2D eigenvalue weighted by atomic mass is 10.2. The van der Waals surface area contributed by atoms with Crippen LogP contribution in [0.2, 0.25) is 0 Å². The molecular formula is C21H20F2N2O4S. The molecule has 0 fully saturated rings. The summed E-state index contributed by atoms with van der Waals surface area (Å²) >= 11 is 1.23. The highest BCUT2D eigenvalue weighted by Gasteiger charge is 2.21. The standard InChI is InChI=1S/C21H20F2N2O4S/c1-11(2)10-29-18-14-9-13(5-7-17(14)30-19(18)20(26)28-3)24-21(27)25-16-6-4-12(22)8-15(16)23/h4-9,11H,10H2,1-3H3,(H2,24,25,27). The maximum absolute atomic E-state index is 13.7. The highest BCUT2D eigenvalue weighted by atomic mass is 32.1. The fourth-order valence-corrected chi connectivity index (χ4v) is 3.69. The molecule has 0 radical (unpaired) electrons. The van der Waals surface area contributed by atoms with Gasteiger partial charge in [0.05, 0.1) is 19.4 Å². The number of carbonyl (C=O) groups excluding carboxylic acids is 2. The van der Waals surface area contributed by atoms with Gasteiger partial charge in [-0.1, -0.05) is 13.8 Å². The molecule has 9 heteroatoms. The van der Waals surface area contributed by atoms with Crippen LogP contribution in [0.1, 0.15) is 23.5 Å². The summed E-state index contributed by atoms with van der Waals surface area (Å²) in [6, 6.07) is 7.20. The SMILES string of the molecule is COC(=O)c1sc2ccc(NC(=O)Nc3ccc(F)cc3F)cc2c1OCC(C)C. The number of carbonyl (C=O) groups is 2. The second-order valence-electron chi connectivity index (χ2n) is 6.87. The van der Waals surface area contributed by atoms with Gasteiger partial charge in [-0.25, -0.2) is 18.4 Å². The van der Waals surface area contributed by atoms with E-state index in [1.54, 1.807) is 18.2 Å². The first-order chi connectivity index (χ1) is 14.3. The molecule has 30 heavy (non-hydrogen) atoms. The Kier molecular flexibility index (Phi) is 6.51. The van der Waals surface area contributed by atoms with Gasteiger partial charge in [0.15, 0.2) is 10.6 Å². The molecule has 0 saturated carbocycles. The number of fused-ring (bicyclic) bond motifs is 1. The van der Waals surface area contributed by atoms with Gasteiger partial charge in [-0.3, -0.25) is 0 Å². The maximum Gasteiger partial charge on any atom is 0.351 e. The molecule has 2 N–H and O–H groups in total. The molecule has 0 bridgehead atoms. The van der Waals surface area contributed by atoms with E-state index in [4.69, 9.17) is 9.47 Å². The molecule has 158 valence electrons. The predicted octanol–water partition coefficient (Wildman–Crippen LogP) is 5.64. The predicted molar refractivity (Wildman–Crippen MR) is 112 cm³/mol. The summed E-state index contributed by atoms with van der Waals surface area (Å²) in [6.45, 7) is 4.37. The summed E-state index contributed by atoms with van der Waals surface area (Å²) in [5, 5.41) is 5.56. The van der Waals surface area contributed by atoms with Crippen LogP contribution >= 0.6 is 11.3 Å². The van der Waals surface area contributed by atoms with Gasteiger partial charge in [-0.2, -0.15) is 0 Å². The normalized spacial score (nSPS) is 10.9. The molecule has 0 aliphatic heterocycles. The molecule has 2 amide bonds. The minimum absolute atomic E-state index is 0.153. The average molecular weight is 434 g/mol. The molecule has 0 aliphatic carbocycles. The first-order valence-electron chi connectivity index (χ1n) is 9.09. The Morgan fingerprint density at radius 3 is 2.53 bits per heavy atom. The van der Waals surface area contributed by atoms with E-state index in [2.05, 4.69) is 10.6 Å². The van der Waals surface area contributed by atoms with E-state index < -0.39 is 23.6 Å². The van der Waals surface area contributed by atoms with Gasteiger partial charge in [-0.05, 0) is 36.2 Å². The van der Waals surface area contributed by atoms with E-state index in [1.165, 1.54) is 18.4 Å². The van der Waals surface area contributed by atoms with Crippen molar-refractivity contribution in [3.05, 3.63) is 52.9 Å². The lowest BCUT2D eigenvalue weighted by Crippen LogP contribution is -2.20. The van der Waals surface area contributed by atoms with Crippen molar-refractivity contribution >= 4 is 44.8 Å². The molecule has 2 aromatic carbocycles. The van der Waals surface area contributed by atoms with Gasteiger partial charge in [0.1, 0.15) is 11.6 Å². The van der Waals surface area contributed by atoms with Gasteiger partial charge < -0.3 is 20.1 Å². The van der Waals surface area contributed by atoms with Crippen LogP contribution in [0.25, 0.3) is 10.1 Å². The van der Waals surface area contributed by atoms with E-state index in [9.17, 15) is 18.4 Å². The number of urea groups is 1. The number of benzene rings is 2. The van der Waals surface area contributed by atoms with Crippen molar-refractivity contribution in [3.63, 3.8) is 0 Å². The van der Waals surface area contributed by atoms with Crippen LogP contribution in [0.4, 0.5) is 25.0 Å². The van der Waals surface area contributed by atoms with E-state index >= 15 is 0 Å². The second kappa shape index (κ2) is 9.08. The van der Waals surface area contributed by atoms with E-state index in [0.29, 0.717) is 34.4 Å². The van der Waals surface area contributed by atoms with Crippen molar-refractivity contribution in [2.24, 2.45) is 5.92 Å². The summed E-state index contributed by atoms with van der Waals surface area (Å²) in [4.78, 5) is 24.7. The van der Waals surface area contributed by atoms with E-state index in [-0.39, 0.29) is 11.6 Å². The fraction of sp³-hybridized carbons (Fsp3) is 0.238. The first-order valence-corrected chi connectivity index (χ1v) is 9.91. The quantitative estimate of drug-likeness (QED) is 0.492. The number of ether oxygens (including phenoxy) is 2. The van der Waals surface area contributed by atoms with Gasteiger partial charge in [0.2, 0.25) is 0 Å². The Balaban J connectivity index is 1.86. The van der Waals surface area contributed by atoms with Crippen LogP contribution in [0.15, 0.2) is 36.4 Å². The Morgan fingerprint density at radius 2 is 1.87 bits per heavy atom. The number of hydrogen-bond acceptors (Lipinski definition) is 5. The van der Waals surface area contributed by atoms with Crippen LogP contribution in [0.5, 0.6) is 5.75 Å². The zero-order chi connectivity index (χ0) is 21.8. The number of thiophene rings is 1. The number of methoxy groups -OCH3 is 1. The zero-order valence-corrected chi connectivity index (χ0v) is 17.4. The van der Waals surface area contributed by atoms with Crippen LogP contribution in [0, 0.1) is 17.6 Å². The molecule has 0 aliphatic rings. The van der Waals surface area contributed by atoms with E-state index in [0.717, 1.165) is 16.8 Å². The monoisotopic (exact) mass is 434 g/mol. The number of rotatable bonds is 6. The van der Waals surface area contributed by atoms with E-state index in [1.807, 2.05) is 13.8 Å². The minimum atomic E-state index is -0.884. The molecule has 0 saturated heterocycles. The number of anilines is 2. The maximum atomic E-state index is 13.7. The van der Waals surface area contributed by atoms with Crippen molar-refractivity contribution in [2.45, 2.75) is 13.8 Å². The van der Waals surface area contributed by atoms with Gasteiger partial charge in [0, 0.05) is 21.8 Å². The number of halogens is 2. The molecule has 0 spiro atoms. The highest BCUT2D eigenvalue weighted by Crippen LogP contribution is 2.40. The van der Waals surface area contributed by atoms with Crippen LogP contribution < -0.4 is 15.4 Å². The molecule has 6 nitrogen and oxygen atoms in total. The van der Waals surface area contributed by atoms with Crippen molar-refractivity contribution in [3.8, 4) is 5.75 Å². The summed E-state index contributed by atoms with van der Waals surface area (Å²) in [6.07, 6.45) is 0. The van der Waals surface area contributed by atoms with Crippen molar-refractivity contribution in [1.82, 2.24) is 0 Å². The van der Waals surface area contributed by atoms with Crippen molar-refractivity contribution < 1.29 is 27.8 Å². The summed E-state index contributed by atoms with van der Waals surface area (Å²) in [7, 11) is 1.30. The Hall–Kier alpha value is -3.20. The third-order valence-corrected chi connectivity index (χ3v) is 5.14. The fourth-order valence-electron chi connectivity index (χ4n) is 2.65. The third-order valence-electron chi connectivity index (χ3n) is 4.01. The lowest BCUT2D eigenvalue weighted by Gasteiger charge is -2.11. The summed E-state index contributed by atoms with van der Waals surface area (Å²) < 4.78 is 38.2. The smallest absolute Gasteiger partial charge is 0.351 e. The topological polar surface area (TPSA) is 76.7 Å².